The van der Waals surface area contributed by atoms with Crippen LogP contribution in [0, 0.1) is 0 Å². The zero-order valence-electron chi connectivity index (χ0n) is 12.7. The Hall–Kier alpha value is -3.41. The Balaban J connectivity index is 1.71. The summed E-state index contributed by atoms with van der Waals surface area (Å²) in [5, 5.41) is 9.39. The fraction of sp³-hybridized carbons (Fsp3) is 0.0556. The van der Waals surface area contributed by atoms with Crippen LogP contribution in [-0.2, 0) is 6.42 Å². The van der Waals surface area contributed by atoms with Gasteiger partial charge in [0.1, 0.15) is 17.1 Å². The lowest BCUT2D eigenvalue weighted by Gasteiger charge is -2.04. The molecule has 0 fully saturated rings. The van der Waals surface area contributed by atoms with Gasteiger partial charge in [-0.2, -0.15) is 0 Å². The molecule has 3 heterocycles. The summed E-state index contributed by atoms with van der Waals surface area (Å²) in [6.45, 7) is 0. The highest BCUT2D eigenvalue weighted by Gasteiger charge is 2.06. The molecule has 4 rings (SSSR count). The molecule has 0 radical (unpaired) electrons. The van der Waals surface area contributed by atoms with Crippen LogP contribution in [0.1, 0.15) is 11.4 Å². The third-order valence-electron chi connectivity index (χ3n) is 3.60. The predicted molar refractivity (Wildman–Crippen MR) is 89.3 cm³/mol. The molecule has 0 aliphatic carbocycles. The molecule has 4 aromatic rings. The lowest BCUT2D eigenvalue weighted by molar-refractivity contribution is 0.475. The molecule has 6 heteroatoms. The number of aromatic hydroxyl groups is 1. The molecule has 0 unspecified atom stereocenters. The molecule has 0 aliphatic rings. The summed E-state index contributed by atoms with van der Waals surface area (Å²) < 4.78 is 0. The van der Waals surface area contributed by atoms with E-state index >= 15 is 0 Å². The van der Waals surface area contributed by atoms with Crippen LogP contribution >= 0.6 is 0 Å². The van der Waals surface area contributed by atoms with E-state index in [1.807, 2.05) is 6.07 Å². The number of phenolic OH excluding ortho intramolecular Hbond substituents is 1. The number of phenols is 1. The fourth-order valence-corrected chi connectivity index (χ4v) is 2.41. The molecule has 0 saturated heterocycles. The van der Waals surface area contributed by atoms with Crippen molar-refractivity contribution in [1.82, 2.24) is 24.9 Å². The minimum absolute atomic E-state index is 0.214. The summed E-state index contributed by atoms with van der Waals surface area (Å²) in [7, 11) is 0. The van der Waals surface area contributed by atoms with Crippen LogP contribution in [0.5, 0.6) is 5.75 Å². The third-order valence-corrected chi connectivity index (χ3v) is 3.60. The minimum Gasteiger partial charge on any atom is -0.508 e. The van der Waals surface area contributed by atoms with Gasteiger partial charge in [-0.05, 0) is 42.0 Å². The third kappa shape index (κ3) is 2.89. The molecule has 0 amide bonds. The summed E-state index contributed by atoms with van der Waals surface area (Å²) in [6, 6.07) is 10.6. The number of aromatic nitrogens is 5. The van der Waals surface area contributed by atoms with Crippen molar-refractivity contribution >= 4 is 11.0 Å². The molecular formula is C18H13N5O. The normalized spacial score (nSPS) is 10.8. The number of hydrogen-bond acceptors (Lipinski definition) is 6. The summed E-state index contributed by atoms with van der Waals surface area (Å²) >= 11 is 0. The number of fused-ring (bicyclic) bond motifs is 1. The molecule has 0 spiro atoms. The number of pyridine rings is 1. The van der Waals surface area contributed by atoms with Gasteiger partial charge in [0.25, 0.3) is 0 Å². The van der Waals surface area contributed by atoms with Gasteiger partial charge in [-0.25, -0.2) is 19.9 Å². The smallest absolute Gasteiger partial charge is 0.159 e. The lowest BCUT2D eigenvalue weighted by atomic mass is 10.1. The van der Waals surface area contributed by atoms with Crippen molar-refractivity contribution in [2.75, 3.05) is 0 Å². The molecule has 0 saturated carbocycles. The van der Waals surface area contributed by atoms with E-state index in [0.29, 0.717) is 12.2 Å². The number of hydrogen-bond donors (Lipinski definition) is 1. The Kier molecular flexibility index (Phi) is 3.55. The average molecular weight is 315 g/mol. The Labute approximate surface area is 137 Å². The van der Waals surface area contributed by atoms with Gasteiger partial charge in [0.05, 0.1) is 11.7 Å². The Morgan fingerprint density at radius 2 is 1.62 bits per heavy atom. The van der Waals surface area contributed by atoms with Crippen molar-refractivity contribution in [3.8, 4) is 17.1 Å². The van der Waals surface area contributed by atoms with E-state index in [-0.39, 0.29) is 5.75 Å². The SMILES string of the molecule is Oc1ccc(-c2ncc3ncc(Cc4ncccn4)cc3n2)cc1. The summed E-state index contributed by atoms with van der Waals surface area (Å²) in [5.41, 5.74) is 3.33. The van der Waals surface area contributed by atoms with Crippen LogP contribution in [0.3, 0.4) is 0 Å². The molecule has 6 nitrogen and oxygen atoms in total. The number of rotatable bonds is 3. The van der Waals surface area contributed by atoms with Gasteiger partial charge in [-0.15, -0.1) is 0 Å². The first kappa shape index (κ1) is 14.2. The topological polar surface area (TPSA) is 84.7 Å². The van der Waals surface area contributed by atoms with Gasteiger partial charge in [0.2, 0.25) is 0 Å². The average Bonchev–Trinajstić information content (AvgIpc) is 2.63. The quantitative estimate of drug-likeness (QED) is 0.626. The van der Waals surface area contributed by atoms with Crippen LogP contribution in [0.15, 0.2) is 61.2 Å². The minimum atomic E-state index is 0.214. The van der Waals surface area contributed by atoms with Crippen LogP contribution in [0.2, 0.25) is 0 Å². The van der Waals surface area contributed by atoms with E-state index in [0.717, 1.165) is 28.0 Å². The van der Waals surface area contributed by atoms with E-state index in [9.17, 15) is 5.11 Å². The molecule has 0 bridgehead atoms. The van der Waals surface area contributed by atoms with Crippen molar-refractivity contribution in [2.45, 2.75) is 6.42 Å². The van der Waals surface area contributed by atoms with E-state index < -0.39 is 0 Å². The summed E-state index contributed by atoms with van der Waals surface area (Å²) in [5.74, 6) is 1.55. The molecular weight excluding hydrogens is 302 g/mol. The number of benzene rings is 1. The second-order valence-corrected chi connectivity index (χ2v) is 5.33. The summed E-state index contributed by atoms with van der Waals surface area (Å²) in [6.07, 6.45) is 7.54. The van der Waals surface area contributed by atoms with E-state index in [2.05, 4.69) is 24.9 Å². The highest BCUT2D eigenvalue weighted by atomic mass is 16.3. The molecule has 1 N–H and O–H groups in total. The highest BCUT2D eigenvalue weighted by molar-refractivity contribution is 5.76. The zero-order chi connectivity index (χ0) is 16.4. The first-order valence-electron chi connectivity index (χ1n) is 7.45. The fourth-order valence-electron chi connectivity index (χ4n) is 2.41. The zero-order valence-corrected chi connectivity index (χ0v) is 12.7. The Morgan fingerprint density at radius 3 is 2.42 bits per heavy atom. The van der Waals surface area contributed by atoms with Crippen LogP contribution < -0.4 is 0 Å². The first-order valence-corrected chi connectivity index (χ1v) is 7.45. The molecule has 116 valence electrons. The maximum absolute atomic E-state index is 9.39. The molecule has 3 aromatic heterocycles. The predicted octanol–water partition coefficient (Wildman–Crippen LogP) is 2.78. The molecule has 1 aromatic carbocycles. The Bertz CT molecular complexity index is 987. The van der Waals surface area contributed by atoms with Crippen LogP contribution in [0.4, 0.5) is 0 Å². The van der Waals surface area contributed by atoms with Crippen molar-refractivity contribution in [3.05, 3.63) is 72.6 Å². The Morgan fingerprint density at radius 1 is 0.833 bits per heavy atom. The van der Waals surface area contributed by atoms with Crippen molar-refractivity contribution < 1.29 is 5.11 Å². The standard InChI is InChI=1S/C18H13N5O/c24-14-4-2-13(3-5-14)18-22-11-16-15(23-18)8-12(10-21-16)9-17-19-6-1-7-20-17/h1-8,10-11,24H,9H2. The monoisotopic (exact) mass is 315 g/mol. The van der Waals surface area contributed by atoms with Crippen LogP contribution in [-0.4, -0.2) is 30.0 Å². The lowest BCUT2D eigenvalue weighted by Crippen LogP contribution is -1.97. The van der Waals surface area contributed by atoms with Gasteiger partial charge >= 0.3 is 0 Å². The maximum Gasteiger partial charge on any atom is 0.159 e. The highest BCUT2D eigenvalue weighted by Crippen LogP contribution is 2.20. The van der Waals surface area contributed by atoms with E-state index in [1.54, 1.807) is 55.1 Å². The van der Waals surface area contributed by atoms with Crippen LogP contribution in [0.25, 0.3) is 22.4 Å². The van der Waals surface area contributed by atoms with Crippen molar-refractivity contribution in [3.63, 3.8) is 0 Å². The van der Waals surface area contributed by atoms with Gasteiger partial charge < -0.3 is 5.11 Å². The molecule has 0 aliphatic heterocycles. The molecule has 0 atom stereocenters. The summed E-state index contributed by atoms with van der Waals surface area (Å²) in [4.78, 5) is 21.8. The second-order valence-electron chi connectivity index (χ2n) is 5.33. The van der Waals surface area contributed by atoms with Crippen molar-refractivity contribution in [1.29, 1.82) is 0 Å². The first-order chi connectivity index (χ1) is 11.8. The van der Waals surface area contributed by atoms with Gasteiger partial charge in [-0.1, -0.05) is 0 Å². The van der Waals surface area contributed by atoms with Gasteiger partial charge in [0.15, 0.2) is 5.82 Å². The van der Waals surface area contributed by atoms with Gasteiger partial charge in [0, 0.05) is 30.6 Å². The van der Waals surface area contributed by atoms with E-state index in [4.69, 9.17) is 0 Å². The molecule has 24 heavy (non-hydrogen) atoms. The van der Waals surface area contributed by atoms with Gasteiger partial charge in [-0.3, -0.25) is 4.98 Å². The number of nitrogens with zero attached hydrogens (tertiary/aromatic N) is 5. The largest absolute Gasteiger partial charge is 0.508 e. The van der Waals surface area contributed by atoms with E-state index in [1.165, 1.54) is 0 Å². The maximum atomic E-state index is 9.39. The van der Waals surface area contributed by atoms with Crippen molar-refractivity contribution in [2.24, 2.45) is 0 Å². The second kappa shape index (κ2) is 6.00.